The van der Waals surface area contributed by atoms with E-state index in [0.29, 0.717) is 12.5 Å². The standard InChI is InChI=1S/C12H24N2O/c1-9-5-10(9)6-14-12(2,8-13)11-3-4-15-7-11/h9-11,14H,3-8,13H2,1-2H3. The maximum Gasteiger partial charge on any atom is 0.0513 e. The van der Waals surface area contributed by atoms with Crippen molar-refractivity contribution in [1.29, 1.82) is 0 Å². The van der Waals surface area contributed by atoms with Crippen molar-refractivity contribution in [3.05, 3.63) is 0 Å². The van der Waals surface area contributed by atoms with E-state index in [1.165, 1.54) is 6.42 Å². The molecule has 2 rings (SSSR count). The van der Waals surface area contributed by atoms with Gasteiger partial charge in [0.1, 0.15) is 0 Å². The average molecular weight is 212 g/mol. The van der Waals surface area contributed by atoms with Crippen LogP contribution in [0.2, 0.25) is 0 Å². The second-order valence-corrected chi connectivity index (χ2v) is 5.54. The van der Waals surface area contributed by atoms with Crippen molar-refractivity contribution in [3.63, 3.8) is 0 Å². The molecule has 0 radical (unpaired) electrons. The van der Waals surface area contributed by atoms with Gasteiger partial charge in [0.15, 0.2) is 0 Å². The van der Waals surface area contributed by atoms with Crippen LogP contribution in [0.5, 0.6) is 0 Å². The third-order valence-electron chi connectivity index (χ3n) is 4.30. The van der Waals surface area contributed by atoms with Gasteiger partial charge in [-0.05, 0) is 38.1 Å². The van der Waals surface area contributed by atoms with Crippen molar-refractivity contribution in [2.24, 2.45) is 23.5 Å². The van der Waals surface area contributed by atoms with E-state index in [1.54, 1.807) is 0 Å². The minimum absolute atomic E-state index is 0.0822. The van der Waals surface area contributed by atoms with Gasteiger partial charge in [0, 0.05) is 24.6 Å². The first-order chi connectivity index (χ1) is 7.15. The summed E-state index contributed by atoms with van der Waals surface area (Å²) in [6.07, 6.45) is 2.54. The molecule has 0 amide bonds. The lowest BCUT2D eigenvalue weighted by molar-refractivity contribution is 0.154. The fourth-order valence-electron chi connectivity index (χ4n) is 2.47. The molecule has 0 aromatic heterocycles. The van der Waals surface area contributed by atoms with E-state index in [2.05, 4.69) is 19.2 Å². The zero-order valence-electron chi connectivity index (χ0n) is 9.96. The Kier molecular flexibility index (Phi) is 3.33. The molecule has 1 aliphatic heterocycles. The Hall–Kier alpha value is -0.120. The molecule has 1 heterocycles. The molecule has 4 atom stereocenters. The zero-order valence-corrected chi connectivity index (χ0v) is 9.96. The zero-order chi connectivity index (χ0) is 10.9. The van der Waals surface area contributed by atoms with E-state index in [4.69, 9.17) is 10.5 Å². The molecule has 0 aromatic rings. The van der Waals surface area contributed by atoms with Crippen molar-refractivity contribution in [3.8, 4) is 0 Å². The Bertz CT molecular complexity index is 216. The Balaban J connectivity index is 1.83. The van der Waals surface area contributed by atoms with Crippen LogP contribution in [0, 0.1) is 17.8 Å². The molecule has 0 spiro atoms. The van der Waals surface area contributed by atoms with Crippen LogP contribution in [-0.2, 0) is 4.74 Å². The monoisotopic (exact) mass is 212 g/mol. The SMILES string of the molecule is CC1CC1CNC(C)(CN)C1CCOC1. The largest absolute Gasteiger partial charge is 0.381 e. The van der Waals surface area contributed by atoms with Crippen molar-refractivity contribution in [2.45, 2.75) is 32.2 Å². The summed E-state index contributed by atoms with van der Waals surface area (Å²) in [5.74, 6) is 2.40. The van der Waals surface area contributed by atoms with E-state index in [9.17, 15) is 0 Å². The van der Waals surface area contributed by atoms with E-state index in [0.717, 1.165) is 38.0 Å². The van der Waals surface area contributed by atoms with Gasteiger partial charge in [-0.1, -0.05) is 6.92 Å². The summed E-state index contributed by atoms with van der Waals surface area (Å²) in [5, 5.41) is 3.68. The number of nitrogens with one attached hydrogen (secondary N) is 1. The third-order valence-corrected chi connectivity index (χ3v) is 4.30. The van der Waals surface area contributed by atoms with Crippen molar-refractivity contribution >= 4 is 0 Å². The van der Waals surface area contributed by atoms with Crippen molar-refractivity contribution in [1.82, 2.24) is 5.32 Å². The van der Waals surface area contributed by atoms with Crippen LogP contribution in [-0.4, -0.2) is 31.8 Å². The third kappa shape index (κ3) is 2.52. The summed E-state index contributed by atoms with van der Waals surface area (Å²) < 4.78 is 5.45. The lowest BCUT2D eigenvalue weighted by atomic mass is 9.85. The highest BCUT2D eigenvalue weighted by molar-refractivity contribution is 4.95. The van der Waals surface area contributed by atoms with E-state index in [1.807, 2.05) is 0 Å². The highest BCUT2D eigenvalue weighted by atomic mass is 16.5. The smallest absolute Gasteiger partial charge is 0.0513 e. The quantitative estimate of drug-likeness (QED) is 0.714. The normalized spacial score (nSPS) is 39.0. The fraction of sp³-hybridized carbons (Fsp3) is 1.00. The van der Waals surface area contributed by atoms with Crippen LogP contribution >= 0.6 is 0 Å². The van der Waals surface area contributed by atoms with Crippen LogP contribution in [0.4, 0.5) is 0 Å². The van der Waals surface area contributed by atoms with Crippen LogP contribution < -0.4 is 11.1 Å². The van der Waals surface area contributed by atoms with E-state index in [-0.39, 0.29) is 5.54 Å². The maximum absolute atomic E-state index is 5.91. The molecule has 0 bridgehead atoms. The van der Waals surface area contributed by atoms with Gasteiger partial charge in [-0.3, -0.25) is 0 Å². The number of hydrogen-bond acceptors (Lipinski definition) is 3. The molecular weight excluding hydrogens is 188 g/mol. The molecule has 4 unspecified atom stereocenters. The molecule has 2 aliphatic rings. The number of ether oxygens (including phenoxy) is 1. The summed E-state index contributed by atoms with van der Waals surface area (Å²) in [6, 6.07) is 0. The number of rotatable bonds is 5. The molecular formula is C12H24N2O. The summed E-state index contributed by atoms with van der Waals surface area (Å²) in [5.41, 5.74) is 5.99. The molecule has 3 heteroatoms. The predicted molar refractivity (Wildman–Crippen MR) is 61.7 cm³/mol. The van der Waals surface area contributed by atoms with Gasteiger partial charge in [-0.25, -0.2) is 0 Å². The van der Waals surface area contributed by atoms with Gasteiger partial charge >= 0.3 is 0 Å². The van der Waals surface area contributed by atoms with Crippen LogP contribution in [0.15, 0.2) is 0 Å². The van der Waals surface area contributed by atoms with Crippen molar-refractivity contribution < 1.29 is 4.74 Å². The van der Waals surface area contributed by atoms with Gasteiger partial charge < -0.3 is 15.8 Å². The summed E-state index contributed by atoms with van der Waals surface area (Å²) in [6.45, 7) is 8.19. The van der Waals surface area contributed by atoms with Crippen molar-refractivity contribution in [2.75, 3.05) is 26.3 Å². The molecule has 3 N–H and O–H groups in total. The summed E-state index contributed by atoms with van der Waals surface area (Å²) >= 11 is 0. The van der Waals surface area contributed by atoms with Gasteiger partial charge in [0.2, 0.25) is 0 Å². The summed E-state index contributed by atoms with van der Waals surface area (Å²) in [7, 11) is 0. The number of nitrogens with two attached hydrogens (primary N) is 1. The second-order valence-electron chi connectivity index (χ2n) is 5.54. The highest BCUT2D eigenvalue weighted by Gasteiger charge is 2.38. The first kappa shape index (κ1) is 11.4. The Labute approximate surface area is 92.7 Å². The minimum atomic E-state index is 0.0822. The molecule has 1 saturated heterocycles. The topological polar surface area (TPSA) is 47.3 Å². The van der Waals surface area contributed by atoms with Crippen LogP contribution in [0.25, 0.3) is 0 Å². The fourth-order valence-corrected chi connectivity index (χ4v) is 2.47. The molecule has 3 nitrogen and oxygen atoms in total. The van der Waals surface area contributed by atoms with Crippen LogP contribution in [0.1, 0.15) is 26.7 Å². The lowest BCUT2D eigenvalue weighted by Crippen LogP contribution is -2.55. The number of hydrogen-bond donors (Lipinski definition) is 2. The van der Waals surface area contributed by atoms with Gasteiger partial charge in [-0.2, -0.15) is 0 Å². The molecule has 0 aromatic carbocycles. The van der Waals surface area contributed by atoms with E-state index < -0.39 is 0 Å². The van der Waals surface area contributed by atoms with Gasteiger partial charge in [0.25, 0.3) is 0 Å². The lowest BCUT2D eigenvalue weighted by Gasteiger charge is -2.35. The predicted octanol–water partition coefficient (Wildman–Crippen LogP) is 0.986. The average Bonchev–Trinajstić information content (AvgIpc) is 2.73. The molecule has 2 fully saturated rings. The Morgan fingerprint density at radius 2 is 2.27 bits per heavy atom. The molecule has 15 heavy (non-hydrogen) atoms. The highest BCUT2D eigenvalue weighted by Crippen LogP contribution is 2.37. The van der Waals surface area contributed by atoms with Gasteiger partial charge in [-0.15, -0.1) is 0 Å². The summed E-state index contributed by atoms with van der Waals surface area (Å²) in [4.78, 5) is 0. The maximum atomic E-state index is 5.91. The minimum Gasteiger partial charge on any atom is -0.381 e. The Morgan fingerprint density at radius 1 is 1.53 bits per heavy atom. The first-order valence-electron chi connectivity index (χ1n) is 6.18. The van der Waals surface area contributed by atoms with E-state index >= 15 is 0 Å². The molecule has 88 valence electrons. The second kappa shape index (κ2) is 4.40. The van der Waals surface area contributed by atoms with Crippen LogP contribution in [0.3, 0.4) is 0 Å². The first-order valence-corrected chi connectivity index (χ1v) is 6.18. The molecule has 1 saturated carbocycles. The molecule has 1 aliphatic carbocycles. The Morgan fingerprint density at radius 3 is 2.73 bits per heavy atom. The van der Waals surface area contributed by atoms with Gasteiger partial charge in [0.05, 0.1) is 6.61 Å².